The molecule has 0 spiro atoms. The molecule has 0 bridgehead atoms. The normalized spacial score (nSPS) is 17.7. The highest BCUT2D eigenvalue weighted by Crippen LogP contribution is 2.06. The zero-order chi connectivity index (χ0) is 13.8. The molecular formula is C11H18N4O3S. The van der Waals surface area contributed by atoms with Crippen molar-refractivity contribution in [1.29, 1.82) is 0 Å². The SMILES string of the molecule is Cc1cnn(C(=O)N2CCCN(C[SH](=O)=O)CC2)c1. The van der Waals surface area contributed by atoms with Crippen molar-refractivity contribution >= 4 is 16.7 Å². The predicted molar refractivity (Wildman–Crippen MR) is 70.7 cm³/mol. The van der Waals surface area contributed by atoms with Gasteiger partial charge in [0.05, 0.1) is 12.1 Å². The highest BCUT2D eigenvalue weighted by atomic mass is 32.2. The van der Waals surface area contributed by atoms with Crippen LogP contribution in [0, 0.1) is 6.92 Å². The average molecular weight is 286 g/mol. The van der Waals surface area contributed by atoms with Crippen LogP contribution in [0.15, 0.2) is 12.4 Å². The largest absolute Gasteiger partial charge is 0.344 e. The second-order valence-electron chi connectivity index (χ2n) is 4.68. The first-order chi connectivity index (χ1) is 9.06. The summed E-state index contributed by atoms with van der Waals surface area (Å²) in [6, 6.07) is -0.151. The predicted octanol–water partition coefficient (Wildman–Crippen LogP) is -0.264. The molecule has 2 heterocycles. The topological polar surface area (TPSA) is 75.5 Å². The zero-order valence-electron chi connectivity index (χ0n) is 10.9. The molecule has 1 aromatic rings. The van der Waals surface area contributed by atoms with Gasteiger partial charge in [0, 0.05) is 32.4 Å². The molecule has 0 N–H and O–H groups in total. The number of hydrogen-bond acceptors (Lipinski definition) is 5. The number of rotatable bonds is 2. The van der Waals surface area contributed by atoms with Crippen LogP contribution in [0.25, 0.3) is 0 Å². The Bertz CT molecular complexity index is 518. The molecule has 0 radical (unpaired) electrons. The minimum atomic E-state index is -2.40. The number of aromatic nitrogens is 2. The Morgan fingerprint density at radius 2 is 2.11 bits per heavy atom. The van der Waals surface area contributed by atoms with Gasteiger partial charge in [0.1, 0.15) is 0 Å². The van der Waals surface area contributed by atoms with Gasteiger partial charge in [-0.2, -0.15) is 9.78 Å². The molecule has 0 saturated carbocycles. The molecule has 7 nitrogen and oxygen atoms in total. The van der Waals surface area contributed by atoms with Crippen molar-refractivity contribution in [3.8, 4) is 0 Å². The van der Waals surface area contributed by atoms with Gasteiger partial charge < -0.3 is 4.90 Å². The molecule has 0 aliphatic carbocycles. The van der Waals surface area contributed by atoms with E-state index >= 15 is 0 Å². The number of amides is 1. The van der Waals surface area contributed by atoms with E-state index in [2.05, 4.69) is 5.10 Å². The summed E-state index contributed by atoms with van der Waals surface area (Å²) in [6.07, 6.45) is 4.11. The van der Waals surface area contributed by atoms with E-state index in [1.54, 1.807) is 17.3 Å². The van der Waals surface area contributed by atoms with E-state index in [1.165, 1.54) is 4.68 Å². The third-order valence-electron chi connectivity index (χ3n) is 3.08. The van der Waals surface area contributed by atoms with Crippen molar-refractivity contribution in [2.24, 2.45) is 0 Å². The lowest BCUT2D eigenvalue weighted by molar-refractivity contribution is 0.197. The van der Waals surface area contributed by atoms with E-state index in [9.17, 15) is 13.2 Å². The van der Waals surface area contributed by atoms with Crippen LogP contribution >= 0.6 is 0 Å². The summed E-state index contributed by atoms with van der Waals surface area (Å²) in [5.41, 5.74) is 0.938. The van der Waals surface area contributed by atoms with Crippen molar-refractivity contribution in [1.82, 2.24) is 19.6 Å². The van der Waals surface area contributed by atoms with Crippen molar-refractivity contribution in [2.45, 2.75) is 13.3 Å². The fourth-order valence-electron chi connectivity index (χ4n) is 2.13. The Kier molecular flexibility index (Phi) is 4.54. The number of thiol groups is 1. The Labute approximate surface area is 113 Å². The summed E-state index contributed by atoms with van der Waals surface area (Å²) in [5, 5.41) is 4.00. The summed E-state index contributed by atoms with van der Waals surface area (Å²) >= 11 is 0. The first-order valence-electron chi connectivity index (χ1n) is 6.21. The maximum atomic E-state index is 12.2. The number of carbonyl (C=O) groups excluding carboxylic acids is 1. The van der Waals surface area contributed by atoms with Crippen LogP contribution < -0.4 is 0 Å². The maximum Gasteiger partial charge on any atom is 0.344 e. The molecule has 1 fully saturated rings. The molecule has 8 heteroatoms. The number of hydrogen-bond donors (Lipinski definition) is 1. The maximum absolute atomic E-state index is 12.2. The fourth-order valence-corrected chi connectivity index (χ4v) is 2.74. The van der Waals surface area contributed by atoms with E-state index in [0.717, 1.165) is 12.0 Å². The van der Waals surface area contributed by atoms with Gasteiger partial charge in [0.25, 0.3) is 0 Å². The first-order valence-corrected chi connectivity index (χ1v) is 7.57. The minimum Gasteiger partial charge on any atom is -0.322 e. The second-order valence-corrected chi connectivity index (χ2v) is 5.63. The molecular weight excluding hydrogens is 268 g/mol. The first kappa shape index (κ1) is 14.0. The molecule has 19 heavy (non-hydrogen) atoms. The minimum absolute atomic E-state index is 0.0677. The molecule has 0 atom stereocenters. The Morgan fingerprint density at radius 1 is 1.32 bits per heavy atom. The molecule has 2 rings (SSSR count). The standard InChI is InChI=1S/C11H18N4O3S/c1-10-7-12-15(8-10)11(16)14-4-2-3-13(5-6-14)9-19(17)18/h7-8,19H,2-6,9H2,1H3. The number of carbonyl (C=O) groups is 1. The van der Waals surface area contributed by atoms with Crippen LogP contribution in [0.1, 0.15) is 12.0 Å². The van der Waals surface area contributed by atoms with Gasteiger partial charge in [-0.1, -0.05) is 0 Å². The van der Waals surface area contributed by atoms with Gasteiger partial charge in [-0.25, -0.2) is 13.2 Å². The van der Waals surface area contributed by atoms with Gasteiger partial charge in [-0.15, -0.1) is 0 Å². The van der Waals surface area contributed by atoms with Crippen LogP contribution in [0.2, 0.25) is 0 Å². The van der Waals surface area contributed by atoms with Crippen molar-refractivity contribution < 1.29 is 13.2 Å². The summed E-state index contributed by atoms with van der Waals surface area (Å²) in [7, 11) is -2.40. The van der Waals surface area contributed by atoms with Gasteiger partial charge in [-0.3, -0.25) is 4.90 Å². The Balaban J connectivity index is 1.97. The molecule has 106 valence electrons. The number of aryl methyl sites for hydroxylation is 1. The highest BCUT2D eigenvalue weighted by Gasteiger charge is 2.20. The lowest BCUT2D eigenvalue weighted by Crippen LogP contribution is -2.38. The summed E-state index contributed by atoms with van der Waals surface area (Å²) in [6.45, 7) is 4.32. The fraction of sp³-hybridized carbons (Fsp3) is 0.636. The monoisotopic (exact) mass is 286 g/mol. The summed E-state index contributed by atoms with van der Waals surface area (Å²) < 4.78 is 22.8. The third-order valence-corrected chi connectivity index (χ3v) is 3.71. The zero-order valence-corrected chi connectivity index (χ0v) is 11.8. The molecule has 1 aliphatic rings. The lowest BCUT2D eigenvalue weighted by atomic mass is 10.4. The Morgan fingerprint density at radius 3 is 2.74 bits per heavy atom. The van der Waals surface area contributed by atoms with Crippen LogP contribution in [-0.2, 0) is 10.7 Å². The van der Waals surface area contributed by atoms with Crippen LogP contribution in [-0.4, -0.2) is 66.1 Å². The highest BCUT2D eigenvalue weighted by molar-refractivity contribution is 7.72. The van der Waals surface area contributed by atoms with Gasteiger partial charge >= 0.3 is 6.03 Å². The van der Waals surface area contributed by atoms with Gasteiger partial charge in [-0.05, 0) is 18.9 Å². The molecule has 1 amide bonds. The van der Waals surface area contributed by atoms with Crippen molar-refractivity contribution in [3.05, 3.63) is 18.0 Å². The molecule has 0 aromatic carbocycles. The van der Waals surface area contributed by atoms with Crippen molar-refractivity contribution in [2.75, 3.05) is 32.1 Å². The molecule has 0 unspecified atom stereocenters. The van der Waals surface area contributed by atoms with Crippen molar-refractivity contribution in [3.63, 3.8) is 0 Å². The van der Waals surface area contributed by atoms with E-state index in [-0.39, 0.29) is 11.9 Å². The number of nitrogens with zero attached hydrogens (tertiary/aromatic N) is 4. The quantitative estimate of drug-likeness (QED) is 0.758. The lowest BCUT2D eigenvalue weighted by Gasteiger charge is -2.20. The van der Waals surface area contributed by atoms with Crippen LogP contribution in [0.3, 0.4) is 0 Å². The van der Waals surface area contributed by atoms with E-state index in [1.807, 2.05) is 11.8 Å². The summed E-state index contributed by atoms with van der Waals surface area (Å²) in [4.78, 5) is 15.8. The van der Waals surface area contributed by atoms with Gasteiger partial charge in [0.2, 0.25) is 0 Å². The van der Waals surface area contributed by atoms with Crippen LogP contribution in [0.4, 0.5) is 4.79 Å². The molecule has 1 aliphatic heterocycles. The van der Waals surface area contributed by atoms with E-state index in [4.69, 9.17) is 0 Å². The second kappa shape index (κ2) is 6.16. The smallest absolute Gasteiger partial charge is 0.322 e. The van der Waals surface area contributed by atoms with E-state index in [0.29, 0.717) is 26.2 Å². The van der Waals surface area contributed by atoms with E-state index < -0.39 is 10.7 Å². The molecule has 1 aromatic heterocycles. The average Bonchev–Trinajstić information content (AvgIpc) is 2.65. The third kappa shape index (κ3) is 3.77. The molecule has 1 saturated heterocycles. The Hall–Kier alpha value is -1.41. The summed E-state index contributed by atoms with van der Waals surface area (Å²) in [5.74, 6) is 0.0677. The van der Waals surface area contributed by atoms with Gasteiger partial charge in [0.15, 0.2) is 10.7 Å². The van der Waals surface area contributed by atoms with Crippen LogP contribution in [0.5, 0.6) is 0 Å².